The third-order valence-corrected chi connectivity index (χ3v) is 4.32. The van der Waals surface area contributed by atoms with Gasteiger partial charge in [0, 0.05) is 26.7 Å². The van der Waals surface area contributed by atoms with Crippen LogP contribution in [0.5, 0.6) is 0 Å². The van der Waals surface area contributed by atoms with Crippen LogP contribution >= 0.6 is 24.0 Å². The van der Waals surface area contributed by atoms with Gasteiger partial charge >= 0.3 is 0 Å². The van der Waals surface area contributed by atoms with E-state index in [1.165, 1.54) is 0 Å². The predicted molar refractivity (Wildman–Crippen MR) is 119 cm³/mol. The summed E-state index contributed by atoms with van der Waals surface area (Å²) in [6.45, 7) is 3.96. The summed E-state index contributed by atoms with van der Waals surface area (Å²) in [6, 6.07) is 13.4. The number of aryl methyl sites for hydroxylation is 2. The minimum atomic E-state index is -0.181. The van der Waals surface area contributed by atoms with E-state index in [0.29, 0.717) is 18.1 Å². The van der Waals surface area contributed by atoms with Gasteiger partial charge in [-0.05, 0) is 42.7 Å². The highest BCUT2D eigenvalue weighted by Gasteiger charge is 2.03. The quantitative estimate of drug-likeness (QED) is 0.244. The maximum atomic E-state index is 13.6. The molecule has 0 spiro atoms. The van der Waals surface area contributed by atoms with Crippen LogP contribution in [0.4, 0.5) is 4.39 Å². The van der Waals surface area contributed by atoms with Gasteiger partial charge < -0.3 is 15.2 Å². The van der Waals surface area contributed by atoms with Crippen LogP contribution < -0.4 is 10.6 Å². The number of imidazole rings is 1. The fraction of sp³-hybridized carbons (Fsp3) is 0.300. The highest BCUT2D eigenvalue weighted by atomic mass is 127. The van der Waals surface area contributed by atoms with Crippen molar-refractivity contribution in [2.45, 2.75) is 26.4 Å². The Morgan fingerprint density at radius 2 is 2.00 bits per heavy atom. The van der Waals surface area contributed by atoms with Crippen LogP contribution in [0.1, 0.15) is 17.5 Å². The number of hydrogen-bond acceptors (Lipinski definition) is 2. The van der Waals surface area contributed by atoms with E-state index in [2.05, 4.69) is 31.2 Å². The molecule has 0 atom stereocenters. The highest BCUT2D eigenvalue weighted by Crippen LogP contribution is 2.12. The summed E-state index contributed by atoms with van der Waals surface area (Å²) in [7, 11) is 1.73. The molecule has 0 aliphatic rings. The third kappa shape index (κ3) is 5.66. The second-order valence-electron chi connectivity index (χ2n) is 6.22. The average molecular weight is 481 g/mol. The Labute approximate surface area is 176 Å². The zero-order valence-electron chi connectivity index (χ0n) is 15.6. The normalized spacial score (nSPS) is 11.3. The zero-order valence-corrected chi connectivity index (χ0v) is 17.9. The number of hydrogen-bond donors (Lipinski definition) is 2. The molecular formula is C20H25FIN5. The summed E-state index contributed by atoms with van der Waals surface area (Å²) in [5.41, 5.74) is 3.71. The van der Waals surface area contributed by atoms with E-state index < -0.39 is 0 Å². The molecule has 2 aromatic carbocycles. The maximum absolute atomic E-state index is 13.6. The summed E-state index contributed by atoms with van der Waals surface area (Å²) in [6.07, 6.45) is 2.82. The number of nitrogens with zero attached hydrogens (tertiary/aromatic N) is 3. The molecule has 1 aromatic heterocycles. The molecule has 0 saturated carbocycles. The van der Waals surface area contributed by atoms with Crippen molar-refractivity contribution in [2.75, 3.05) is 13.6 Å². The summed E-state index contributed by atoms with van der Waals surface area (Å²) in [4.78, 5) is 8.61. The number of fused-ring (bicyclic) bond motifs is 1. The smallest absolute Gasteiger partial charge is 0.191 e. The minimum Gasteiger partial charge on any atom is -0.356 e. The Morgan fingerprint density at radius 3 is 2.78 bits per heavy atom. The summed E-state index contributed by atoms with van der Waals surface area (Å²) in [5, 5.41) is 6.50. The molecule has 27 heavy (non-hydrogen) atoms. The van der Waals surface area contributed by atoms with E-state index in [4.69, 9.17) is 0 Å². The largest absolute Gasteiger partial charge is 0.356 e. The molecule has 3 rings (SSSR count). The van der Waals surface area contributed by atoms with Gasteiger partial charge in [0.05, 0.1) is 17.4 Å². The van der Waals surface area contributed by atoms with Crippen molar-refractivity contribution in [3.05, 3.63) is 65.7 Å². The fourth-order valence-corrected chi connectivity index (χ4v) is 2.80. The van der Waals surface area contributed by atoms with Crippen LogP contribution in [-0.4, -0.2) is 29.1 Å². The first kappa shape index (κ1) is 21.1. The van der Waals surface area contributed by atoms with Crippen molar-refractivity contribution >= 4 is 41.0 Å². The molecule has 1 heterocycles. The first-order chi connectivity index (χ1) is 12.7. The first-order valence-corrected chi connectivity index (χ1v) is 8.77. The molecule has 0 saturated heterocycles. The molecule has 0 amide bonds. The first-order valence-electron chi connectivity index (χ1n) is 8.77. The topological polar surface area (TPSA) is 54.2 Å². The van der Waals surface area contributed by atoms with E-state index in [1.54, 1.807) is 26.1 Å². The lowest BCUT2D eigenvalue weighted by Crippen LogP contribution is -2.37. The predicted octanol–water partition coefficient (Wildman–Crippen LogP) is 3.86. The van der Waals surface area contributed by atoms with Gasteiger partial charge in [0.25, 0.3) is 0 Å². The van der Waals surface area contributed by atoms with Gasteiger partial charge in [-0.3, -0.25) is 4.99 Å². The minimum absolute atomic E-state index is 0. The molecule has 0 unspecified atom stereocenters. The molecule has 0 aliphatic heterocycles. The monoisotopic (exact) mass is 481 g/mol. The van der Waals surface area contributed by atoms with E-state index in [1.807, 2.05) is 30.6 Å². The number of aromatic nitrogens is 2. The van der Waals surface area contributed by atoms with Gasteiger partial charge in [-0.15, -0.1) is 24.0 Å². The van der Waals surface area contributed by atoms with Crippen LogP contribution in [0.15, 0.2) is 53.8 Å². The number of guanidine groups is 1. The lowest BCUT2D eigenvalue weighted by molar-refractivity contribution is 0.614. The molecule has 0 bridgehead atoms. The second-order valence-corrected chi connectivity index (χ2v) is 6.22. The molecule has 5 nitrogen and oxygen atoms in total. The van der Waals surface area contributed by atoms with Gasteiger partial charge in [-0.25, -0.2) is 9.37 Å². The molecule has 0 aliphatic carbocycles. The Kier molecular flexibility index (Phi) is 8.02. The highest BCUT2D eigenvalue weighted by molar-refractivity contribution is 14.0. The number of para-hydroxylation sites is 2. The number of halogens is 2. The van der Waals surface area contributed by atoms with E-state index >= 15 is 0 Å². The Balaban J connectivity index is 0.00000261. The molecule has 7 heteroatoms. The molecule has 0 radical (unpaired) electrons. The van der Waals surface area contributed by atoms with Crippen LogP contribution in [0.25, 0.3) is 11.0 Å². The fourth-order valence-electron chi connectivity index (χ4n) is 2.80. The molecule has 2 N–H and O–H groups in total. The third-order valence-electron chi connectivity index (χ3n) is 4.32. The molecule has 3 aromatic rings. The Hall–Kier alpha value is -2.16. The number of benzene rings is 2. The van der Waals surface area contributed by atoms with Crippen LogP contribution in [0.3, 0.4) is 0 Å². The van der Waals surface area contributed by atoms with E-state index in [-0.39, 0.29) is 29.8 Å². The van der Waals surface area contributed by atoms with Crippen molar-refractivity contribution in [2.24, 2.45) is 4.99 Å². The van der Waals surface area contributed by atoms with Crippen LogP contribution in [-0.2, 0) is 13.1 Å². The van der Waals surface area contributed by atoms with E-state index in [9.17, 15) is 4.39 Å². The number of rotatable bonds is 6. The number of nitrogens with one attached hydrogen (secondary N) is 2. The van der Waals surface area contributed by atoms with Gasteiger partial charge in [0.1, 0.15) is 5.82 Å². The lowest BCUT2D eigenvalue weighted by Gasteiger charge is -2.12. The summed E-state index contributed by atoms with van der Waals surface area (Å²) < 4.78 is 15.8. The zero-order chi connectivity index (χ0) is 18.4. The van der Waals surface area contributed by atoms with Crippen LogP contribution in [0, 0.1) is 12.7 Å². The average Bonchev–Trinajstić information content (AvgIpc) is 3.07. The van der Waals surface area contributed by atoms with Gasteiger partial charge in [-0.2, -0.15) is 0 Å². The molecule has 144 valence electrons. The van der Waals surface area contributed by atoms with Crippen molar-refractivity contribution in [1.29, 1.82) is 0 Å². The SMILES string of the molecule is CN=C(NCCCn1cnc2ccccc21)NCc1ccc(C)c(F)c1.I. The molecular weight excluding hydrogens is 456 g/mol. The van der Waals surface area contributed by atoms with E-state index in [0.717, 1.165) is 36.1 Å². The maximum Gasteiger partial charge on any atom is 0.191 e. The number of aliphatic imine (C=N–C) groups is 1. The second kappa shape index (κ2) is 10.2. The molecule has 0 fully saturated rings. The van der Waals surface area contributed by atoms with Crippen LogP contribution in [0.2, 0.25) is 0 Å². The summed E-state index contributed by atoms with van der Waals surface area (Å²) in [5.74, 6) is 0.529. The van der Waals surface area contributed by atoms with Crippen molar-refractivity contribution in [3.63, 3.8) is 0 Å². The Bertz CT molecular complexity index is 906. The van der Waals surface area contributed by atoms with Gasteiger partial charge in [-0.1, -0.05) is 24.3 Å². The van der Waals surface area contributed by atoms with Crippen molar-refractivity contribution in [3.8, 4) is 0 Å². The standard InChI is InChI=1S/C20H24FN5.HI/c1-15-8-9-16(12-17(15)21)13-24-20(22-2)23-10-5-11-26-14-25-18-6-3-4-7-19(18)26;/h3-4,6-9,12,14H,5,10-11,13H2,1-2H3,(H2,22,23,24);1H. The lowest BCUT2D eigenvalue weighted by atomic mass is 10.1. The van der Waals surface area contributed by atoms with Crippen molar-refractivity contribution < 1.29 is 4.39 Å². The van der Waals surface area contributed by atoms with Gasteiger partial charge in [0.2, 0.25) is 0 Å². The van der Waals surface area contributed by atoms with Gasteiger partial charge in [0.15, 0.2) is 5.96 Å². The Morgan fingerprint density at radius 1 is 1.19 bits per heavy atom. The summed E-state index contributed by atoms with van der Waals surface area (Å²) >= 11 is 0. The van der Waals surface area contributed by atoms with Crippen molar-refractivity contribution in [1.82, 2.24) is 20.2 Å².